The minimum atomic E-state index is 0.498. The summed E-state index contributed by atoms with van der Waals surface area (Å²) in [6.07, 6.45) is 1.14. The van der Waals surface area contributed by atoms with Gasteiger partial charge in [0, 0.05) is 26.1 Å². The Hall–Kier alpha value is -1.49. The lowest BCUT2D eigenvalue weighted by Crippen LogP contribution is -2.22. The number of nitrogens with zero attached hydrogens (tertiary/aromatic N) is 2. The third-order valence-electron chi connectivity index (χ3n) is 3.08. The van der Waals surface area contributed by atoms with Crippen LogP contribution >= 0.6 is 0 Å². The van der Waals surface area contributed by atoms with E-state index in [2.05, 4.69) is 9.88 Å². The summed E-state index contributed by atoms with van der Waals surface area (Å²) in [5, 5.41) is 0. The molecular formula is C12H19N3O2. The van der Waals surface area contributed by atoms with Crippen molar-refractivity contribution in [1.29, 1.82) is 0 Å². The van der Waals surface area contributed by atoms with E-state index in [4.69, 9.17) is 15.2 Å². The van der Waals surface area contributed by atoms with Crippen LogP contribution in [0, 0.1) is 5.92 Å². The highest BCUT2D eigenvalue weighted by Crippen LogP contribution is 2.26. The molecule has 2 rings (SSSR count). The molecule has 2 N–H and O–H groups in total. The van der Waals surface area contributed by atoms with E-state index in [0.29, 0.717) is 17.5 Å². The lowest BCUT2D eigenvalue weighted by Gasteiger charge is -2.18. The Morgan fingerprint density at radius 1 is 1.47 bits per heavy atom. The maximum Gasteiger partial charge on any atom is 0.238 e. The third kappa shape index (κ3) is 2.61. The van der Waals surface area contributed by atoms with Crippen LogP contribution in [0.5, 0.6) is 5.88 Å². The van der Waals surface area contributed by atoms with Crippen LogP contribution in [0.15, 0.2) is 12.1 Å². The van der Waals surface area contributed by atoms with Crippen LogP contribution in [-0.4, -0.2) is 38.9 Å². The molecule has 1 saturated heterocycles. The fraction of sp³-hybridized carbons (Fsp3) is 0.583. The van der Waals surface area contributed by atoms with Gasteiger partial charge in [-0.1, -0.05) is 0 Å². The van der Waals surface area contributed by atoms with Gasteiger partial charge in [-0.2, -0.15) is 4.98 Å². The molecule has 0 bridgehead atoms. The summed E-state index contributed by atoms with van der Waals surface area (Å²) in [5.74, 6) is 2.01. The van der Waals surface area contributed by atoms with Crippen LogP contribution in [0.4, 0.5) is 11.5 Å². The Morgan fingerprint density at radius 2 is 2.29 bits per heavy atom. The molecule has 0 saturated carbocycles. The molecule has 0 aliphatic carbocycles. The largest absolute Gasteiger partial charge is 0.479 e. The average molecular weight is 237 g/mol. The van der Waals surface area contributed by atoms with E-state index < -0.39 is 0 Å². The average Bonchev–Trinajstić information content (AvgIpc) is 2.79. The van der Waals surface area contributed by atoms with Crippen molar-refractivity contribution in [2.45, 2.75) is 6.42 Å². The predicted molar refractivity (Wildman–Crippen MR) is 67.4 cm³/mol. The van der Waals surface area contributed by atoms with E-state index in [1.807, 2.05) is 12.1 Å². The van der Waals surface area contributed by atoms with E-state index in [9.17, 15) is 0 Å². The first kappa shape index (κ1) is 12.0. The monoisotopic (exact) mass is 237 g/mol. The molecule has 0 amide bonds. The number of hydrogen-bond acceptors (Lipinski definition) is 5. The normalized spacial score (nSPS) is 19.6. The van der Waals surface area contributed by atoms with Crippen LogP contribution in [0.1, 0.15) is 6.42 Å². The Kier molecular flexibility index (Phi) is 3.68. The molecule has 5 heteroatoms. The summed E-state index contributed by atoms with van der Waals surface area (Å²) in [6, 6.07) is 3.78. The standard InChI is InChI=1S/C12H19N3O2/c1-16-8-9-5-6-15(7-9)11-4-3-10(13)12(14-11)17-2/h3-4,9H,5-8,13H2,1-2H3. The summed E-state index contributed by atoms with van der Waals surface area (Å²) < 4.78 is 10.3. The minimum Gasteiger partial charge on any atom is -0.479 e. The van der Waals surface area contributed by atoms with Gasteiger partial charge in [0.15, 0.2) is 0 Å². The minimum absolute atomic E-state index is 0.498. The molecule has 2 heterocycles. The summed E-state index contributed by atoms with van der Waals surface area (Å²) in [6.45, 7) is 2.80. The predicted octanol–water partition coefficient (Wildman–Crippen LogP) is 1.15. The summed E-state index contributed by atoms with van der Waals surface area (Å²) in [5.41, 5.74) is 6.32. The second-order valence-corrected chi connectivity index (χ2v) is 4.32. The van der Waals surface area contributed by atoms with Gasteiger partial charge in [0.25, 0.3) is 0 Å². The number of nitrogen functional groups attached to an aromatic ring is 1. The van der Waals surface area contributed by atoms with Crippen LogP contribution in [0.2, 0.25) is 0 Å². The Bertz CT molecular complexity index is 384. The van der Waals surface area contributed by atoms with Crippen LogP contribution in [0.3, 0.4) is 0 Å². The molecule has 1 fully saturated rings. The summed E-state index contributed by atoms with van der Waals surface area (Å²) in [7, 11) is 3.33. The first-order valence-corrected chi connectivity index (χ1v) is 5.79. The van der Waals surface area contributed by atoms with Gasteiger partial charge in [-0.05, 0) is 18.6 Å². The topological polar surface area (TPSA) is 60.6 Å². The molecule has 0 aromatic carbocycles. The van der Waals surface area contributed by atoms with Crippen LogP contribution in [0.25, 0.3) is 0 Å². The van der Waals surface area contributed by atoms with Gasteiger partial charge in [0.05, 0.1) is 19.4 Å². The van der Waals surface area contributed by atoms with Crippen molar-refractivity contribution in [1.82, 2.24) is 4.98 Å². The fourth-order valence-corrected chi connectivity index (χ4v) is 2.19. The number of rotatable bonds is 4. The number of methoxy groups -OCH3 is 2. The van der Waals surface area contributed by atoms with E-state index >= 15 is 0 Å². The lowest BCUT2D eigenvalue weighted by molar-refractivity contribution is 0.161. The zero-order valence-corrected chi connectivity index (χ0v) is 10.3. The van der Waals surface area contributed by atoms with Crippen molar-refractivity contribution in [2.75, 3.05) is 44.5 Å². The van der Waals surface area contributed by atoms with Crippen molar-refractivity contribution >= 4 is 11.5 Å². The number of nitrogens with two attached hydrogens (primary N) is 1. The van der Waals surface area contributed by atoms with E-state index in [0.717, 1.165) is 31.9 Å². The lowest BCUT2D eigenvalue weighted by atomic mass is 10.1. The number of pyridine rings is 1. The van der Waals surface area contributed by atoms with Gasteiger partial charge < -0.3 is 20.1 Å². The molecule has 1 aliphatic heterocycles. The zero-order chi connectivity index (χ0) is 12.3. The molecule has 1 atom stereocenters. The van der Waals surface area contributed by atoms with E-state index in [1.165, 1.54) is 0 Å². The van der Waals surface area contributed by atoms with Gasteiger partial charge >= 0.3 is 0 Å². The van der Waals surface area contributed by atoms with Crippen LogP contribution < -0.4 is 15.4 Å². The number of hydrogen-bond donors (Lipinski definition) is 1. The van der Waals surface area contributed by atoms with Crippen molar-refractivity contribution in [3.63, 3.8) is 0 Å². The van der Waals surface area contributed by atoms with E-state index in [-0.39, 0.29) is 0 Å². The van der Waals surface area contributed by atoms with Crippen molar-refractivity contribution in [3.8, 4) is 5.88 Å². The second kappa shape index (κ2) is 5.23. The number of anilines is 2. The van der Waals surface area contributed by atoms with E-state index in [1.54, 1.807) is 14.2 Å². The first-order valence-electron chi connectivity index (χ1n) is 5.79. The summed E-state index contributed by atoms with van der Waals surface area (Å²) in [4.78, 5) is 6.65. The molecule has 1 aliphatic rings. The van der Waals surface area contributed by atoms with Gasteiger partial charge in [0.2, 0.25) is 5.88 Å². The molecule has 0 spiro atoms. The Labute approximate surface area is 102 Å². The molecule has 94 valence electrons. The SMILES string of the molecule is COCC1CCN(c2ccc(N)c(OC)n2)C1. The smallest absolute Gasteiger partial charge is 0.238 e. The van der Waals surface area contributed by atoms with Crippen molar-refractivity contribution in [3.05, 3.63) is 12.1 Å². The highest BCUT2D eigenvalue weighted by molar-refractivity contribution is 5.54. The van der Waals surface area contributed by atoms with Crippen molar-refractivity contribution in [2.24, 2.45) is 5.92 Å². The number of aromatic nitrogens is 1. The fourth-order valence-electron chi connectivity index (χ4n) is 2.19. The Balaban J connectivity index is 2.08. The molecular weight excluding hydrogens is 218 g/mol. The molecule has 1 aromatic heterocycles. The highest BCUT2D eigenvalue weighted by atomic mass is 16.5. The Morgan fingerprint density at radius 3 is 3.00 bits per heavy atom. The quantitative estimate of drug-likeness (QED) is 0.851. The molecule has 1 aromatic rings. The van der Waals surface area contributed by atoms with Crippen LogP contribution in [-0.2, 0) is 4.74 Å². The first-order chi connectivity index (χ1) is 8.24. The summed E-state index contributed by atoms with van der Waals surface area (Å²) >= 11 is 0. The van der Waals surface area contributed by atoms with Gasteiger partial charge in [-0.25, -0.2) is 0 Å². The van der Waals surface area contributed by atoms with Gasteiger partial charge in [-0.15, -0.1) is 0 Å². The molecule has 17 heavy (non-hydrogen) atoms. The van der Waals surface area contributed by atoms with Crippen molar-refractivity contribution < 1.29 is 9.47 Å². The van der Waals surface area contributed by atoms with Gasteiger partial charge in [0.1, 0.15) is 5.82 Å². The maximum atomic E-state index is 5.75. The highest BCUT2D eigenvalue weighted by Gasteiger charge is 2.23. The second-order valence-electron chi connectivity index (χ2n) is 4.32. The molecule has 0 radical (unpaired) electrons. The maximum absolute atomic E-state index is 5.75. The molecule has 1 unspecified atom stereocenters. The zero-order valence-electron chi connectivity index (χ0n) is 10.3. The third-order valence-corrected chi connectivity index (χ3v) is 3.08. The molecule has 5 nitrogen and oxygen atoms in total. The van der Waals surface area contributed by atoms with Gasteiger partial charge in [-0.3, -0.25) is 0 Å². The number of ether oxygens (including phenoxy) is 2.